The summed E-state index contributed by atoms with van der Waals surface area (Å²) < 4.78 is 10.5. The Morgan fingerprint density at radius 2 is 1.82 bits per heavy atom. The lowest BCUT2D eigenvalue weighted by Crippen LogP contribution is -2.19. The summed E-state index contributed by atoms with van der Waals surface area (Å²) >= 11 is 0. The maximum atomic E-state index is 12.3. The number of rotatable bonds is 3. The van der Waals surface area contributed by atoms with Crippen LogP contribution in [0.15, 0.2) is 63.8 Å². The molecule has 22 heavy (non-hydrogen) atoms. The largest absolute Gasteiger partial charge is 0.422 e. The van der Waals surface area contributed by atoms with Crippen molar-refractivity contribution in [3.05, 3.63) is 76.1 Å². The minimum Gasteiger partial charge on any atom is -0.422 e. The van der Waals surface area contributed by atoms with Crippen LogP contribution in [0.5, 0.6) is 5.75 Å². The van der Waals surface area contributed by atoms with Crippen molar-refractivity contribution in [2.24, 2.45) is 0 Å². The van der Waals surface area contributed by atoms with E-state index in [9.17, 15) is 9.59 Å². The van der Waals surface area contributed by atoms with Crippen molar-refractivity contribution in [2.75, 3.05) is 0 Å². The highest BCUT2D eigenvalue weighted by atomic mass is 16.5. The van der Waals surface area contributed by atoms with Gasteiger partial charge in [-0.1, -0.05) is 43.3 Å². The maximum absolute atomic E-state index is 12.3. The Balaban J connectivity index is 1.98. The number of carbonyl (C=O) groups is 1. The van der Waals surface area contributed by atoms with Gasteiger partial charge in [0, 0.05) is 5.39 Å². The number of fused-ring (bicyclic) bond motifs is 1. The molecule has 1 heterocycles. The summed E-state index contributed by atoms with van der Waals surface area (Å²) in [5.74, 6) is -0.247. The molecular weight excluding hydrogens is 280 g/mol. The minimum atomic E-state index is -0.708. The average molecular weight is 294 g/mol. The highest BCUT2D eigenvalue weighted by molar-refractivity contribution is 5.94. The zero-order chi connectivity index (χ0) is 15.5. The predicted octanol–water partition coefficient (Wildman–Crippen LogP) is 3.57. The van der Waals surface area contributed by atoms with Crippen molar-refractivity contribution in [3.63, 3.8) is 0 Å². The van der Waals surface area contributed by atoms with Gasteiger partial charge >= 0.3 is 11.6 Å². The predicted molar refractivity (Wildman–Crippen MR) is 83.3 cm³/mol. The van der Waals surface area contributed by atoms with Gasteiger partial charge in [-0.3, -0.25) is 0 Å². The number of carbonyl (C=O) groups excluding carboxylic acids is 1. The molecule has 0 spiro atoms. The van der Waals surface area contributed by atoms with E-state index in [4.69, 9.17) is 9.15 Å². The monoisotopic (exact) mass is 294 g/mol. The van der Waals surface area contributed by atoms with Crippen LogP contribution >= 0.6 is 0 Å². The molecule has 0 saturated heterocycles. The third-order valence-corrected chi connectivity index (χ3v) is 3.42. The fourth-order valence-electron chi connectivity index (χ4n) is 2.25. The van der Waals surface area contributed by atoms with Gasteiger partial charge in [0.05, 0.1) is 0 Å². The first-order valence-corrected chi connectivity index (χ1v) is 7.02. The normalized spacial score (nSPS) is 10.6. The van der Waals surface area contributed by atoms with Crippen molar-refractivity contribution in [3.8, 4) is 5.75 Å². The Hall–Kier alpha value is -2.88. The highest BCUT2D eigenvalue weighted by Crippen LogP contribution is 2.20. The molecule has 0 aliphatic heterocycles. The van der Waals surface area contributed by atoms with Gasteiger partial charge in [0.25, 0.3) is 0 Å². The second-order valence-electron chi connectivity index (χ2n) is 4.84. The first-order valence-electron chi connectivity index (χ1n) is 7.02. The van der Waals surface area contributed by atoms with Crippen LogP contribution in [-0.2, 0) is 6.42 Å². The number of hydrogen-bond donors (Lipinski definition) is 0. The number of esters is 1. The number of hydrogen-bond acceptors (Lipinski definition) is 4. The molecule has 3 rings (SSSR count). The summed E-state index contributed by atoms with van der Waals surface area (Å²) in [7, 11) is 0. The van der Waals surface area contributed by atoms with E-state index < -0.39 is 11.6 Å². The van der Waals surface area contributed by atoms with Crippen molar-refractivity contribution < 1.29 is 13.9 Å². The third kappa shape index (κ3) is 2.63. The molecule has 0 aliphatic carbocycles. The number of ether oxygens (including phenoxy) is 1. The lowest BCUT2D eigenvalue weighted by molar-refractivity contribution is 0.0729. The topological polar surface area (TPSA) is 56.5 Å². The van der Waals surface area contributed by atoms with Crippen LogP contribution in [0.2, 0.25) is 0 Å². The van der Waals surface area contributed by atoms with E-state index >= 15 is 0 Å². The third-order valence-electron chi connectivity index (χ3n) is 3.42. The Kier molecular flexibility index (Phi) is 3.74. The molecule has 3 aromatic rings. The molecule has 4 heteroatoms. The zero-order valence-electron chi connectivity index (χ0n) is 12.0. The van der Waals surface area contributed by atoms with Crippen molar-refractivity contribution in [1.29, 1.82) is 0 Å². The summed E-state index contributed by atoms with van der Waals surface area (Å²) in [6, 6.07) is 15.8. The zero-order valence-corrected chi connectivity index (χ0v) is 12.0. The van der Waals surface area contributed by atoms with Gasteiger partial charge in [0.1, 0.15) is 16.9 Å². The molecule has 0 aliphatic rings. The Labute approximate surface area is 127 Å². The van der Waals surface area contributed by atoms with Crippen LogP contribution in [-0.4, -0.2) is 5.97 Å². The molecule has 0 saturated carbocycles. The van der Waals surface area contributed by atoms with Crippen LogP contribution in [0.4, 0.5) is 0 Å². The van der Waals surface area contributed by atoms with Crippen molar-refractivity contribution in [2.45, 2.75) is 13.3 Å². The molecule has 0 radical (unpaired) electrons. The van der Waals surface area contributed by atoms with Crippen LogP contribution in [0.25, 0.3) is 11.0 Å². The average Bonchev–Trinajstić information content (AvgIpc) is 2.54. The fourth-order valence-corrected chi connectivity index (χ4v) is 2.25. The molecule has 4 nitrogen and oxygen atoms in total. The Morgan fingerprint density at radius 1 is 1.09 bits per heavy atom. The standard InChI is InChI=1S/C18H14O4/c1-2-12-7-3-5-9-15(12)21-17(19)14-11-13-8-4-6-10-16(13)22-18(14)20/h3-11H,2H2,1H3. The van der Waals surface area contributed by atoms with E-state index in [1.165, 1.54) is 6.07 Å². The van der Waals surface area contributed by atoms with Crippen molar-refractivity contribution >= 4 is 16.9 Å². The number of benzene rings is 2. The smallest absolute Gasteiger partial charge is 0.351 e. The lowest BCUT2D eigenvalue weighted by atomic mass is 10.1. The molecule has 0 bridgehead atoms. The molecule has 1 aromatic heterocycles. The van der Waals surface area contributed by atoms with Crippen LogP contribution < -0.4 is 10.4 Å². The number of para-hydroxylation sites is 2. The van der Waals surface area contributed by atoms with Gasteiger partial charge in [0.2, 0.25) is 0 Å². The van der Waals surface area contributed by atoms with E-state index in [1.54, 1.807) is 30.3 Å². The molecule has 0 amide bonds. The molecule has 0 fully saturated rings. The van der Waals surface area contributed by atoms with Gasteiger partial charge in [-0.25, -0.2) is 9.59 Å². The first-order chi connectivity index (χ1) is 10.7. The van der Waals surface area contributed by atoms with Gasteiger partial charge in [-0.15, -0.1) is 0 Å². The molecule has 2 aromatic carbocycles. The summed E-state index contributed by atoms with van der Waals surface area (Å²) in [6.45, 7) is 1.97. The minimum absolute atomic E-state index is 0.107. The van der Waals surface area contributed by atoms with E-state index in [-0.39, 0.29) is 5.56 Å². The molecule has 0 N–H and O–H groups in total. The van der Waals surface area contributed by atoms with E-state index in [0.717, 1.165) is 12.0 Å². The quantitative estimate of drug-likeness (QED) is 0.421. The van der Waals surface area contributed by atoms with E-state index in [2.05, 4.69) is 0 Å². The molecule has 110 valence electrons. The van der Waals surface area contributed by atoms with Crippen LogP contribution in [0.1, 0.15) is 22.8 Å². The van der Waals surface area contributed by atoms with Crippen molar-refractivity contribution in [1.82, 2.24) is 0 Å². The van der Waals surface area contributed by atoms with Gasteiger partial charge in [-0.2, -0.15) is 0 Å². The molecule has 0 unspecified atom stereocenters. The molecule has 0 atom stereocenters. The summed E-state index contributed by atoms with van der Waals surface area (Å²) in [5, 5.41) is 0.679. The maximum Gasteiger partial charge on any atom is 0.351 e. The van der Waals surface area contributed by atoms with Crippen LogP contribution in [0.3, 0.4) is 0 Å². The summed E-state index contributed by atoms with van der Waals surface area (Å²) in [5.41, 5.74) is 0.543. The van der Waals surface area contributed by atoms with Gasteiger partial charge in [0.15, 0.2) is 0 Å². The molecular formula is C18H14O4. The first kappa shape index (κ1) is 14.1. The second kappa shape index (κ2) is 5.85. The number of aryl methyl sites for hydroxylation is 1. The Morgan fingerprint density at radius 3 is 2.64 bits per heavy atom. The summed E-state index contributed by atoms with van der Waals surface area (Å²) in [4.78, 5) is 24.2. The van der Waals surface area contributed by atoms with Gasteiger partial charge < -0.3 is 9.15 Å². The highest BCUT2D eigenvalue weighted by Gasteiger charge is 2.17. The Bertz CT molecular complexity index is 893. The van der Waals surface area contributed by atoms with E-state index in [0.29, 0.717) is 16.7 Å². The lowest BCUT2D eigenvalue weighted by Gasteiger charge is -2.08. The second-order valence-corrected chi connectivity index (χ2v) is 4.84. The summed E-state index contributed by atoms with van der Waals surface area (Å²) in [6.07, 6.45) is 0.732. The fraction of sp³-hybridized carbons (Fsp3) is 0.111. The van der Waals surface area contributed by atoms with Gasteiger partial charge in [-0.05, 0) is 30.2 Å². The van der Waals surface area contributed by atoms with E-state index in [1.807, 2.05) is 25.1 Å². The van der Waals surface area contributed by atoms with Crippen LogP contribution in [0, 0.1) is 0 Å². The SMILES string of the molecule is CCc1ccccc1OC(=O)c1cc2ccccc2oc1=O.